The molecule has 0 aromatic heterocycles. The van der Waals surface area contributed by atoms with Crippen molar-refractivity contribution in [2.75, 3.05) is 11.4 Å². The van der Waals surface area contributed by atoms with Crippen molar-refractivity contribution in [1.82, 2.24) is 0 Å². The van der Waals surface area contributed by atoms with E-state index in [-0.39, 0.29) is 17.4 Å². The summed E-state index contributed by atoms with van der Waals surface area (Å²) in [5, 5.41) is 0. The fraction of sp³-hybridized carbons (Fsp3) is 0.350. The summed E-state index contributed by atoms with van der Waals surface area (Å²) >= 11 is 0. The number of nitrogens with zero attached hydrogens (tertiary/aromatic N) is 1. The maximum Gasteiger partial charge on any atom is 0.258 e. The standard InChI is InChI=1S/C20H23NO2/c1-14-13-21(17-7-5-6-8-18(17)23-14)19(22)15-9-11-16(12-10-15)20(2,3)4/h5-12,14H,13H2,1-4H3/t14-/m0/s1. The minimum atomic E-state index is -0.0114. The molecule has 120 valence electrons. The van der Waals surface area contributed by atoms with Gasteiger partial charge in [-0.1, -0.05) is 45.0 Å². The van der Waals surface area contributed by atoms with E-state index in [0.717, 1.165) is 11.4 Å². The summed E-state index contributed by atoms with van der Waals surface area (Å²) in [5.41, 5.74) is 2.86. The molecule has 2 aromatic rings. The van der Waals surface area contributed by atoms with Gasteiger partial charge >= 0.3 is 0 Å². The van der Waals surface area contributed by atoms with Crippen LogP contribution in [-0.4, -0.2) is 18.6 Å². The van der Waals surface area contributed by atoms with Gasteiger partial charge in [0.25, 0.3) is 5.91 Å². The molecule has 1 heterocycles. The van der Waals surface area contributed by atoms with Crippen molar-refractivity contribution in [2.45, 2.75) is 39.2 Å². The Balaban J connectivity index is 1.92. The Morgan fingerprint density at radius 3 is 2.39 bits per heavy atom. The van der Waals surface area contributed by atoms with Crippen LogP contribution in [0.15, 0.2) is 48.5 Å². The van der Waals surface area contributed by atoms with Gasteiger partial charge in [-0.2, -0.15) is 0 Å². The number of rotatable bonds is 1. The number of hydrogen-bond acceptors (Lipinski definition) is 2. The first-order valence-corrected chi connectivity index (χ1v) is 8.04. The van der Waals surface area contributed by atoms with Gasteiger partial charge in [-0.25, -0.2) is 0 Å². The van der Waals surface area contributed by atoms with Gasteiger partial charge < -0.3 is 9.64 Å². The van der Waals surface area contributed by atoms with E-state index in [1.54, 1.807) is 0 Å². The molecule has 23 heavy (non-hydrogen) atoms. The smallest absolute Gasteiger partial charge is 0.258 e. The van der Waals surface area contributed by atoms with E-state index in [0.29, 0.717) is 12.1 Å². The highest BCUT2D eigenvalue weighted by Crippen LogP contribution is 2.34. The number of para-hydroxylation sites is 2. The molecule has 0 N–H and O–H groups in total. The normalized spacial score (nSPS) is 17.4. The van der Waals surface area contributed by atoms with Gasteiger partial charge in [0.15, 0.2) is 0 Å². The summed E-state index contributed by atoms with van der Waals surface area (Å²) in [5.74, 6) is 0.791. The summed E-state index contributed by atoms with van der Waals surface area (Å²) < 4.78 is 5.82. The van der Waals surface area contributed by atoms with Crippen LogP contribution in [0.3, 0.4) is 0 Å². The Labute approximate surface area is 137 Å². The van der Waals surface area contributed by atoms with E-state index in [1.807, 2.05) is 60.4 Å². The average Bonchev–Trinajstić information content (AvgIpc) is 2.52. The maximum atomic E-state index is 12.9. The first-order chi connectivity index (χ1) is 10.9. The fourth-order valence-electron chi connectivity index (χ4n) is 2.85. The zero-order chi connectivity index (χ0) is 16.6. The van der Waals surface area contributed by atoms with Gasteiger partial charge in [-0.3, -0.25) is 4.79 Å². The Kier molecular flexibility index (Phi) is 3.88. The van der Waals surface area contributed by atoms with Crippen molar-refractivity contribution in [3.05, 3.63) is 59.7 Å². The van der Waals surface area contributed by atoms with E-state index >= 15 is 0 Å². The second-order valence-corrected chi connectivity index (χ2v) is 7.14. The zero-order valence-corrected chi connectivity index (χ0v) is 14.2. The number of hydrogen-bond donors (Lipinski definition) is 0. The van der Waals surface area contributed by atoms with Crippen LogP contribution in [0.25, 0.3) is 0 Å². The molecule has 2 aromatic carbocycles. The summed E-state index contributed by atoms with van der Waals surface area (Å²) in [6.07, 6.45) is -0.0114. The monoisotopic (exact) mass is 309 g/mol. The van der Waals surface area contributed by atoms with E-state index < -0.39 is 0 Å². The lowest BCUT2D eigenvalue weighted by atomic mass is 9.86. The predicted molar refractivity (Wildman–Crippen MR) is 93.4 cm³/mol. The first kappa shape index (κ1) is 15.6. The highest BCUT2D eigenvalue weighted by Gasteiger charge is 2.28. The molecule has 0 bridgehead atoms. The summed E-state index contributed by atoms with van der Waals surface area (Å²) in [6.45, 7) is 9.06. The van der Waals surface area contributed by atoms with Crippen LogP contribution in [0, 0.1) is 0 Å². The molecule has 0 unspecified atom stereocenters. The van der Waals surface area contributed by atoms with Crippen molar-refractivity contribution >= 4 is 11.6 Å². The van der Waals surface area contributed by atoms with Crippen molar-refractivity contribution in [3.8, 4) is 5.75 Å². The number of fused-ring (bicyclic) bond motifs is 1. The molecular weight excluding hydrogens is 286 g/mol. The molecule has 0 saturated heterocycles. The van der Waals surface area contributed by atoms with E-state index in [4.69, 9.17) is 4.74 Å². The van der Waals surface area contributed by atoms with Crippen molar-refractivity contribution in [2.24, 2.45) is 0 Å². The van der Waals surface area contributed by atoms with Crippen LogP contribution in [0.2, 0.25) is 0 Å². The molecule has 0 spiro atoms. The Hall–Kier alpha value is -2.29. The summed E-state index contributed by atoms with van der Waals surface area (Å²) in [4.78, 5) is 14.8. The molecule has 0 radical (unpaired) electrons. The number of benzene rings is 2. The van der Waals surface area contributed by atoms with Gasteiger partial charge in [0, 0.05) is 5.56 Å². The number of carbonyl (C=O) groups is 1. The molecule has 3 rings (SSSR count). The largest absolute Gasteiger partial charge is 0.487 e. The molecular formula is C20H23NO2. The molecule has 1 amide bonds. The van der Waals surface area contributed by atoms with E-state index in [2.05, 4.69) is 20.8 Å². The molecule has 1 atom stereocenters. The molecule has 0 fully saturated rings. The number of carbonyl (C=O) groups excluding carboxylic acids is 1. The van der Waals surface area contributed by atoms with Gasteiger partial charge in [0.2, 0.25) is 0 Å². The maximum absolute atomic E-state index is 12.9. The minimum Gasteiger partial charge on any atom is -0.487 e. The Morgan fingerprint density at radius 1 is 1.09 bits per heavy atom. The molecule has 0 saturated carbocycles. The van der Waals surface area contributed by atoms with Crippen LogP contribution in [-0.2, 0) is 5.41 Å². The average molecular weight is 309 g/mol. The van der Waals surface area contributed by atoms with Gasteiger partial charge in [-0.15, -0.1) is 0 Å². The summed E-state index contributed by atoms with van der Waals surface area (Å²) in [6, 6.07) is 15.6. The summed E-state index contributed by atoms with van der Waals surface area (Å²) in [7, 11) is 0. The lowest BCUT2D eigenvalue weighted by Gasteiger charge is -2.33. The van der Waals surface area contributed by atoms with Crippen LogP contribution in [0.5, 0.6) is 5.75 Å². The quantitative estimate of drug-likeness (QED) is 0.781. The molecule has 1 aliphatic heterocycles. The van der Waals surface area contributed by atoms with Crippen LogP contribution in [0.1, 0.15) is 43.6 Å². The topological polar surface area (TPSA) is 29.5 Å². The van der Waals surface area contributed by atoms with E-state index in [1.165, 1.54) is 5.56 Å². The first-order valence-electron chi connectivity index (χ1n) is 8.04. The molecule has 3 nitrogen and oxygen atoms in total. The van der Waals surface area contributed by atoms with Gasteiger partial charge in [-0.05, 0) is 42.2 Å². The lowest BCUT2D eigenvalue weighted by Crippen LogP contribution is -2.42. The van der Waals surface area contributed by atoms with Crippen LogP contribution >= 0.6 is 0 Å². The number of ether oxygens (including phenoxy) is 1. The molecule has 3 heteroatoms. The molecule has 1 aliphatic rings. The molecule has 0 aliphatic carbocycles. The predicted octanol–water partition coefficient (Wildman–Crippen LogP) is 4.41. The second-order valence-electron chi connectivity index (χ2n) is 7.14. The van der Waals surface area contributed by atoms with Crippen molar-refractivity contribution in [1.29, 1.82) is 0 Å². The van der Waals surface area contributed by atoms with Gasteiger partial charge in [0.1, 0.15) is 11.9 Å². The third-order valence-corrected chi connectivity index (χ3v) is 4.17. The third kappa shape index (κ3) is 3.09. The minimum absolute atomic E-state index is 0.0114. The van der Waals surface area contributed by atoms with Crippen LogP contribution < -0.4 is 9.64 Å². The Morgan fingerprint density at radius 2 is 1.74 bits per heavy atom. The second kappa shape index (κ2) is 5.73. The van der Waals surface area contributed by atoms with Crippen molar-refractivity contribution < 1.29 is 9.53 Å². The Bertz CT molecular complexity index is 713. The SMILES string of the molecule is C[C@H]1CN(C(=O)c2ccc(C(C)(C)C)cc2)c2ccccc2O1. The van der Waals surface area contributed by atoms with Crippen molar-refractivity contribution in [3.63, 3.8) is 0 Å². The highest BCUT2D eigenvalue weighted by atomic mass is 16.5. The number of amides is 1. The lowest BCUT2D eigenvalue weighted by molar-refractivity contribution is 0.0961. The number of anilines is 1. The van der Waals surface area contributed by atoms with Gasteiger partial charge in [0.05, 0.1) is 12.2 Å². The van der Waals surface area contributed by atoms with Crippen LogP contribution in [0.4, 0.5) is 5.69 Å². The highest BCUT2D eigenvalue weighted by molar-refractivity contribution is 6.07. The van der Waals surface area contributed by atoms with E-state index in [9.17, 15) is 4.79 Å². The third-order valence-electron chi connectivity index (χ3n) is 4.17. The zero-order valence-electron chi connectivity index (χ0n) is 14.2. The fourth-order valence-corrected chi connectivity index (χ4v) is 2.85.